The van der Waals surface area contributed by atoms with Gasteiger partial charge in [0.05, 0.1) is 15.9 Å². The van der Waals surface area contributed by atoms with Crippen LogP contribution in [0.25, 0.3) is 0 Å². The molecule has 1 aromatic carbocycles. The van der Waals surface area contributed by atoms with Crippen molar-refractivity contribution in [1.82, 2.24) is 4.57 Å². The fraction of sp³-hybridized carbons (Fsp3) is 0.353. The van der Waals surface area contributed by atoms with Crippen molar-refractivity contribution < 1.29 is 19.7 Å². The van der Waals surface area contributed by atoms with Crippen LogP contribution in [-0.2, 0) is 0 Å². The minimum atomic E-state index is -1.71. The lowest BCUT2D eigenvalue weighted by Gasteiger charge is -2.49. The Morgan fingerprint density at radius 2 is 1.81 bits per heavy atom. The molecule has 0 amide bonds. The summed E-state index contributed by atoms with van der Waals surface area (Å²) in [6.07, 6.45) is 1.30. The van der Waals surface area contributed by atoms with Gasteiger partial charge in [0, 0.05) is 30.0 Å². The van der Waals surface area contributed by atoms with Crippen LogP contribution in [0.15, 0.2) is 41.3 Å². The number of hydrogen-bond acceptors (Lipinski definition) is 7. The summed E-state index contributed by atoms with van der Waals surface area (Å²) in [4.78, 5) is 33.6. The number of nitro groups is 2. The number of aliphatic hydroxyl groups is 1. The summed E-state index contributed by atoms with van der Waals surface area (Å²) in [5, 5.41) is 33.5. The van der Waals surface area contributed by atoms with E-state index >= 15 is 0 Å². The van der Waals surface area contributed by atoms with Gasteiger partial charge < -0.3 is 9.84 Å². The molecule has 0 radical (unpaired) electrons. The van der Waals surface area contributed by atoms with Gasteiger partial charge in [-0.1, -0.05) is 0 Å². The second-order valence-corrected chi connectivity index (χ2v) is 7.00. The molecule has 1 aliphatic rings. The Kier molecular flexibility index (Phi) is 4.03. The van der Waals surface area contributed by atoms with E-state index in [4.69, 9.17) is 4.74 Å². The normalized spacial score (nSPS) is 23.2. The summed E-state index contributed by atoms with van der Waals surface area (Å²) < 4.78 is 6.84. The number of hydrogen-bond donors (Lipinski definition) is 1. The molecule has 2 atom stereocenters. The molecule has 0 aliphatic carbocycles. The van der Waals surface area contributed by atoms with Gasteiger partial charge in [0.15, 0.2) is 0 Å². The number of nitrogens with zero attached hydrogens (tertiary/aromatic N) is 3. The van der Waals surface area contributed by atoms with Crippen molar-refractivity contribution in [2.45, 2.75) is 38.0 Å². The maximum absolute atomic E-state index is 12.7. The van der Waals surface area contributed by atoms with Crippen molar-refractivity contribution in [3.05, 3.63) is 72.7 Å². The molecule has 3 rings (SSSR count). The average Bonchev–Trinajstić information content (AvgIpc) is 2.56. The quantitative estimate of drug-likeness (QED) is 0.641. The highest BCUT2D eigenvalue weighted by atomic mass is 16.6. The zero-order valence-electron chi connectivity index (χ0n) is 14.8. The minimum Gasteiger partial charge on any atom is -0.484 e. The van der Waals surface area contributed by atoms with Crippen molar-refractivity contribution in [3.8, 4) is 5.75 Å². The highest BCUT2D eigenvalue weighted by molar-refractivity contribution is 5.49. The zero-order chi connectivity index (χ0) is 20.1. The van der Waals surface area contributed by atoms with E-state index in [1.165, 1.54) is 37.4 Å². The summed E-state index contributed by atoms with van der Waals surface area (Å²) >= 11 is 0. The predicted molar refractivity (Wildman–Crippen MR) is 93.9 cm³/mol. The van der Waals surface area contributed by atoms with Gasteiger partial charge >= 0.3 is 11.2 Å². The van der Waals surface area contributed by atoms with Gasteiger partial charge in [-0.3, -0.25) is 29.6 Å². The topological polar surface area (TPSA) is 138 Å². The first-order valence-corrected chi connectivity index (χ1v) is 8.02. The SMILES string of the molecule is CC1(C)Oc2ccc([N+](=O)[O-])cc2C(n2cccc([N+](=O)[O-])c2=O)C1(C)O. The van der Waals surface area contributed by atoms with E-state index in [9.17, 15) is 30.1 Å². The van der Waals surface area contributed by atoms with Crippen LogP contribution in [0.1, 0.15) is 32.4 Å². The smallest absolute Gasteiger partial charge is 0.334 e. The van der Waals surface area contributed by atoms with Gasteiger partial charge in [-0.2, -0.15) is 0 Å². The Morgan fingerprint density at radius 3 is 2.41 bits per heavy atom. The average molecular weight is 375 g/mol. The van der Waals surface area contributed by atoms with Crippen molar-refractivity contribution >= 4 is 11.4 Å². The van der Waals surface area contributed by atoms with Crippen molar-refractivity contribution in [1.29, 1.82) is 0 Å². The molecule has 142 valence electrons. The van der Waals surface area contributed by atoms with Gasteiger partial charge in [-0.05, 0) is 32.9 Å². The number of fused-ring (bicyclic) bond motifs is 1. The third-order valence-electron chi connectivity index (χ3n) is 5.04. The number of nitro benzene ring substituents is 1. The first-order chi connectivity index (χ1) is 12.5. The lowest BCUT2D eigenvalue weighted by atomic mass is 9.75. The Labute approximate surface area is 152 Å². The van der Waals surface area contributed by atoms with E-state index < -0.39 is 38.3 Å². The molecule has 1 aromatic heterocycles. The maximum Gasteiger partial charge on any atom is 0.334 e. The molecule has 0 fully saturated rings. The molecule has 2 unspecified atom stereocenters. The Balaban J connectivity index is 2.35. The number of non-ortho nitro benzene ring substituents is 1. The van der Waals surface area contributed by atoms with Gasteiger partial charge in [0.1, 0.15) is 17.0 Å². The van der Waals surface area contributed by atoms with E-state index in [1.807, 2.05) is 0 Å². The van der Waals surface area contributed by atoms with Crippen LogP contribution in [0.5, 0.6) is 5.75 Å². The Morgan fingerprint density at radius 1 is 1.15 bits per heavy atom. The van der Waals surface area contributed by atoms with E-state index in [-0.39, 0.29) is 17.0 Å². The van der Waals surface area contributed by atoms with Crippen LogP contribution in [0.4, 0.5) is 11.4 Å². The van der Waals surface area contributed by atoms with E-state index in [2.05, 4.69) is 0 Å². The predicted octanol–water partition coefficient (Wildman–Crippen LogP) is 2.18. The number of ether oxygens (including phenoxy) is 1. The van der Waals surface area contributed by atoms with Crippen LogP contribution in [0.3, 0.4) is 0 Å². The van der Waals surface area contributed by atoms with Crippen molar-refractivity contribution in [2.75, 3.05) is 0 Å². The van der Waals surface area contributed by atoms with Crippen LogP contribution in [-0.4, -0.2) is 30.7 Å². The third kappa shape index (κ3) is 2.74. The standard InChI is InChI=1S/C17H17N3O7/c1-16(2)17(3,22)14(18-8-4-5-12(15(18)21)20(25)26)11-9-10(19(23)24)6-7-13(11)27-16/h4-9,14,22H,1-3H3. The largest absolute Gasteiger partial charge is 0.484 e. The first-order valence-electron chi connectivity index (χ1n) is 8.02. The highest BCUT2D eigenvalue weighted by Gasteiger charge is 2.54. The molecular weight excluding hydrogens is 358 g/mol. The summed E-state index contributed by atoms with van der Waals surface area (Å²) in [5.74, 6) is 0.250. The Bertz CT molecular complexity index is 1010. The lowest BCUT2D eigenvalue weighted by molar-refractivity contribution is -0.386. The molecular formula is C17H17N3O7. The molecule has 10 heteroatoms. The van der Waals surface area contributed by atoms with E-state index in [1.54, 1.807) is 13.8 Å². The molecule has 0 saturated carbocycles. The van der Waals surface area contributed by atoms with Gasteiger partial charge in [-0.15, -0.1) is 0 Å². The van der Waals surface area contributed by atoms with Crippen LogP contribution < -0.4 is 10.3 Å². The maximum atomic E-state index is 12.7. The van der Waals surface area contributed by atoms with Crippen LogP contribution in [0, 0.1) is 20.2 Å². The summed E-state index contributed by atoms with van der Waals surface area (Å²) in [6.45, 7) is 4.63. The molecule has 27 heavy (non-hydrogen) atoms. The minimum absolute atomic E-state index is 0.191. The molecule has 1 N–H and O–H groups in total. The summed E-state index contributed by atoms with van der Waals surface area (Å²) in [7, 11) is 0. The molecule has 2 heterocycles. The second kappa shape index (κ2) is 5.88. The van der Waals surface area contributed by atoms with E-state index in [0.717, 1.165) is 10.6 Å². The molecule has 10 nitrogen and oxygen atoms in total. The van der Waals surface area contributed by atoms with Gasteiger partial charge in [0.25, 0.3) is 5.69 Å². The zero-order valence-corrected chi connectivity index (χ0v) is 14.8. The van der Waals surface area contributed by atoms with Gasteiger partial charge in [-0.25, -0.2) is 0 Å². The van der Waals surface area contributed by atoms with Crippen molar-refractivity contribution in [2.24, 2.45) is 0 Å². The fourth-order valence-corrected chi connectivity index (χ4v) is 3.23. The number of benzene rings is 1. The molecule has 1 aliphatic heterocycles. The molecule has 2 aromatic rings. The van der Waals surface area contributed by atoms with Crippen LogP contribution in [0.2, 0.25) is 0 Å². The number of rotatable bonds is 3. The van der Waals surface area contributed by atoms with Crippen molar-refractivity contribution in [3.63, 3.8) is 0 Å². The first kappa shape index (κ1) is 18.5. The Hall–Kier alpha value is -3.27. The highest BCUT2D eigenvalue weighted by Crippen LogP contribution is 2.48. The summed E-state index contributed by atoms with van der Waals surface area (Å²) in [6, 6.07) is 5.09. The monoisotopic (exact) mass is 375 g/mol. The lowest BCUT2D eigenvalue weighted by Crippen LogP contribution is -2.60. The van der Waals surface area contributed by atoms with Gasteiger partial charge in [0.2, 0.25) is 0 Å². The van der Waals surface area contributed by atoms with E-state index in [0.29, 0.717) is 0 Å². The number of pyridine rings is 1. The summed E-state index contributed by atoms with van der Waals surface area (Å²) in [5.41, 5.74) is -4.56. The van der Waals surface area contributed by atoms with Crippen LogP contribution >= 0.6 is 0 Å². The third-order valence-corrected chi connectivity index (χ3v) is 5.04. The molecule has 0 spiro atoms. The second-order valence-electron chi connectivity index (χ2n) is 7.00. The number of aromatic nitrogens is 1. The fourth-order valence-electron chi connectivity index (χ4n) is 3.23. The molecule has 0 saturated heterocycles. The molecule has 0 bridgehead atoms.